The van der Waals surface area contributed by atoms with E-state index in [9.17, 15) is 0 Å². The van der Waals surface area contributed by atoms with Crippen molar-refractivity contribution in [2.45, 2.75) is 53.1 Å². The molecular formula is C16H28N2. The fraction of sp³-hybridized carbons (Fsp3) is 0.625. The van der Waals surface area contributed by atoms with Crippen molar-refractivity contribution in [1.29, 1.82) is 0 Å². The molecule has 0 radical (unpaired) electrons. The maximum atomic E-state index is 3.58. The van der Waals surface area contributed by atoms with Gasteiger partial charge in [-0.2, -0.15) is 0 Å². The van der Waals surface area contributed by atoms with Gasteiger partial charge in [-0.25, -0.2) is 0 Å². The Bertz CT molecular complexity index is 347. The van der Waals surface area contributed by atoms with Crippen LogP contribution in [-0.4, -0.2) is 19.1 Å². The van der Waals surface area contributed by atoms with Crippen molar-refractivity contribution in [1.82, 2.24) is 5.32 Å². The summed E-state index contributed by atoms with van der Waals surface area (Å²) >= 11 is 0. The molecule has 1 atom stereocenters. The van der Waals surface area contributed by atoms with Gasteiger partial charge in [-0.05, 0) is 45.4 Å². The number of hydrogen-bond acceptors (Lipinski definition) is 2. The van der Waals surface area contributed by atoms with Crippen molar-refractivity contribution in [3.63, 3.8) is 0 Å². The minimum Gasteiger partial charge on any atom is -0.369 e. The molecule has 2 heteroatoms. The number of nitrogens with one attached hydrogen (secondary N) is 1. The van der Waals surface area contributed by atoms with Gasteiger partial charge >= 0.3 is 0 Å². The number of hydrogen-bond donors (Lipinski definition) is 1. The SMILES string of the molecule is CCNC(CC)c1ccccc1N(CC)C(C)C. The summed E-state index contributed by atoms with van der Waals surface area (Å²) in [6.07, 6.45) is 1.13. The molecule has 1 N–H and O–H groups in total. The highest BCUT2D eigenvalue weighted by molar-refractivity contribution is 5.55. The standard InChI is InChI=1S/C16H28N2/c1-6-15(17-7-2)14-11-9-10-12-16(14)18(8-3)13(4)5/h9-13,15,17H,6-8H2,1-5H3. The Morgan fingerprint density at radius 3 is 2.28 bits per heavy atom. The topological polar surface area (TPSA) is 15.3 Å². The second-order valence-electron chi connectivity index (χ2n) is 4.96. The monoisotopic (exact) mass is 248 g/mol. The summed E-state index contributed by atoms with van der Waals surface area (Å²) in [4.78, 5) is 2.47. The average Bonchev–Trinajstić information content (AvgIpc) is 2.37. The lowest BCUT2D eigenvalue weighted by molar-refractivity contribution is 0.534. The largest absolute Gasteiger partial charge is 0.369 e. The molecule has 0 aliphatic heterocycles. The molecule has 0 bridgehead atoms. The van der Waals surface area contributed by atoms with Crippen LogP contribution >= 0.6 is 0 Å². The molecule has 0 spiro atoms. The molecule has 0 aromatic heterocycles. The molecule has 1 unspecified atom stereocenters. The van der Waals surface area contributed by atoms with Crippen LogP contribution in [0.1, 0.15) is 52.6 Å². The van der Waals surface area contributed by atoms with Crippen LogP contribution in [0.4, 0.5) is 5.69 Å². The van der Waals surface area contributed by atoms with Gasteiger partial charge in [0.1, 0.15) is 0 Å². The third kappa shape index (κ3) is 3.49. The summed E-state index contributed by atoms with van der Waals surface area (Å²) in [6, 6.07) is 9.79. The molecule has 0 fully saturated rings. The minimum atomic E-state index is 0.457. The van der Waals surface area contributed by atoms with Crippen molar-refractivity contribution in [2.24, 2.45) is 0 Å². The van der Waals surface area contributed by atoms with Crippen LogP contribution in [0.5, 0.6) is 0 Å². The second-order valence-corrected chi connectivity index (χ2v) is 4.96. The molecule has 102 valence electrons. The van der Waals surface area contributed by atoms with Crippen LogP contribution in [-0.2, 0) is 0 Å². The van der Waals surface area contributed by atoms with E-state index in [2.05, 4.69) is 69.1 Å². The van der Waals surface area contributed by atoms with Crippen LogP contribution in [0.15, 0.2) is 24.3 Å². The molecule has 1 rings (SSSR count). The van der Waals surface area contributed by atoms with E-state index in [1.54, 1.807) is 0 Å². The van der Waals surface area contributed by atoms with E-state index in [0.29, 0.717) is 12.1 Å². The molecule has 18 heavy (non-hydrogen) atoms. The van der Waals surface area contributed by atoms with Gasteiger partial charge in [-0.15, -0.1) is 0 Å². The molecule has 2 nitrogen and oxygen atoms in total. The molecule has 0 amide bonds. The van der Waals surface area contributed by atoms with Gasteiger partial charge in [0, 0.05) is 24.3 Å². The summed E-state index contributed by atoms with van der Waals surface area (Å²) in [5, 5.41) is 3.58. The first-order valence-electron chi connectivity index (χ1n) is 7.24. The number of anilines is 1. The van der Waals surface area contributed by atoms with Crippen LogP contribution in [0.3, 0.4) is 0 Å². The zero-order valence-corrected chi connectivity index (χ0v) is 12.5. The highest BCUT2D eigenvalue weighted by atomic mass is 15.2. The third-order valence-corrected chi connectivity index (χ3v) is 3.44. The summed E-state index contributed by atoms with van der Waals surface area (Å²) in [7, 11) is 0. The summed E-state index contributed by atoms with van der Waals surface area (Å²) < 4.78 is 0. The van der Waals surface area contributed by atoms with E-state index >= 15 is 0 Å². The van der Waals surface area contributed by atoms with Gasteiger partial charge in [0.2, 0.25) is 0 Å². The van der Waals surface area contributed by atoms with Gasteiger partial charge in [0.25, 0.3) is 0 Å². The van der Waals surface area contributed by atoms with Gasteiger partial charge in [0.15, 0.2) is 0 Å². The van der Waals surface area contributed by atoms with Crippen LogP contribution in [0, 0.1) is 0 Å². The Morgan fingerprint density at radius 2 is 1.78 bits per heavy atom. The number of benzene rings is 1. The van der Waals surface area contributed by atoms with Crippen molar-refractivity contribution < 1.29 is 0 Å². The van der Waals surface area contributed by atoms with Gasteiger partial charge in [-0.1, -0.05) is 32.0 Å². The number of nitrogens with zero attached hydrogens (tertiary/aromatic N) is 1. The van der Waals surface area contributed by atoms with E-state index in [-0.39, 0.29) is 0 Å². The lowest BCUT2D eigenvalue weighted by Gasteiger charge is -2.32. The molecule has 1 aromatic rings. The smallest absolute Gasteiger partial charge is 0.0416 e. The van der Waals surface area contributed by atoms with Gasteiger partial charge < -0.3 is 10.2 Å². The van der Waals surface area contributed by atoms with Crippen molar-refractivity contribution >= 4 is 5.69 Å². The summed E-state index contributed by atoms with van der Waals surface area (Å²) in [5.41, 5.74) is 2.81. The van der Waals surface area contributed by atoms with Crippen LogP contribution < -0.4 is 10.2 Å². The summed E-state index contributed by atoms with van der Waals surface area (Å²) in [5.74, 6) is 0. The Balaban J connectivity index is 3.11. The van der Waals surface area contributed by atoms with E-state index in [0.717, 1.165) is 19.5 Å². The highest BCUT2D eigenvalue weighted by Gasteiger charge is 2.17. The number of para-hydroxylation sites is 1. The van der Waals surface area contributed by atoms with Crippen LogP contribution in [0.2, 0.25) is 0 Å². The molecule has 0 saturated heterocycles. The summed E-state index contributed by atoms with van der Waals surface area (Å²) in [6.45, 7) is 13.2. The van der Waals surface area contributed by atoms with Crippen molar-refractivity contribution in [2.75, 3.05) is 18.0 Å². The van der Waals surface area contributed by atoms with Crippen molar-refractivity contribution in [3.8, 4) is 0 Å². The lowest BCUT2D eigenvalue weighted by Crippen LogP contribution is -2.32. The molecule has 0 aliphatic carbocycles. The first-order chi connectivity index (χ1) is 8.65. The maximum absolute atomic E-state index is 3.58. The third-order valence-electron chi connectivity index (χ3n) is 3.44. The van der Waals surface area contributed by atoms with Gasteiger partial charge in [-0.3, -0.25) is 0 Å². The fourth-order valence-corrected chi connectivity index (χ4v) is 2.58. The fourth-order valence-electron chi connectivity index (χ4n) is 2.58. The molecule has 0 saturated carbocycles. The van der Waals surface area contributed by atoms with Gasteiger partial charge in [0.05, 0.1) is 0 Å². The number of rotatable bonds is 7. The lowest BCUT2D eigenvalue weighted by atomic mass is 10.0. The zero-order chi connectivity index (χ0) is 13.5. The predicted molar refractivity (Wildman–Crippen MR) is 81.3 cm³/mol. The molecule has 0 heterocycles. The first kappa shape index (κ1) is 15.0. The van der Waals surface area contributed by atoms with E-state index in [1.165, 1.54) is 11.3 Å². The Labute approximate surface area is 112 Å². The quantitative estimate of drug-likeness (QED) is 0.785. The van der Waals surface area contributed by atoms with Crippen molar-refractivity contribution in [3.05, 3.63) is 29.8 Å². The van der Waals surface area contributed by atoms with E-state index in [1.807, 2.05) is 0 Å². The molecule has 0 aliphatic rings. The normalized spacial score (nSPS) is 12.8. The Hall–Kier alpha value is -1.02. The van der Waals surface area contributed by atoms with E-state index in [4.69, 9.17) is 0 Å². The molecular weight excluding hydrogens is 220 g/mol. The zero-order valence-electron chi connectivity index (χ0n) is 12.5. The average molecular weight is 248 g/mol. The minimum absolute atomic E-state index is 0.457. The Kier molecular flexibility index (Phi) is 6.20. The van der Waals surface area contributed by atoms with Crippen LogP contribution in [0.25, 0.3) is 0 Å². The highest BCUT2D eigenvalue weighted by Crippen LogP contribution is 2.29. The first-order valence-corrected chi connectivity index (χ1v) is 7.24. The predicted octanol–water partition coefficient (Wildman–Crippen LogP) is 3.98. The second kappa shape index (κ2) is 7.42. The van der Waals surface area contributed by atoms with E-state index < -0.39 is 0 Å². The Morgan fingerprint density at radius 1 is 1.11 bits per heavy atom. The maximum Gasteiger partial charge on any atom is 0.0416 e. The molecule has 1 aromatic carbocycles.